The number of anilines is 1. The molecule has 2 heterocycles. The molecule has 20 heavy (non-hydrogen) atoms. The van der Waals surface area contributed by atoms with E-state index in [0.29, 0.717) is 32.6 Å². The maximum atomic E-state index is 12.9. The number of hydrogen-bond acceptors (Lipinski definition) is 3. The fourth-order valence-corrected chi connectivity index (χ4v) is 3.32. The van der Waals surface area contributed by atoms with Gasteiger partial charge in [-0.2, -0.15) is 0 Å². The second-order valence-electron chi connectivity index (χ2n) is 5.26. The third-order valence-corrected chi connectivity index (χ3v) is 4.65. The summed E-state index contributed by atoms with van der Waals surface area (Å²) >= 11 is 6.20. The lowest BCUT2D eigenvalue weighted by Gasteiger charge is -2.37. The Labute approximate surface area is 123 Å². The molecule has 1 saturated heterocycles. The molecule has 108 valence electrons. The third kappa shape index (κ3) is 2.12. The van der Waals surface area contributed by atoms with E-state index in [4.69, 9.17) is 21.1 Å². The van der Waals surface area contributed by atoms with Crippen molar-refractivity contribution >= 4 is 23.2 Å². The van der Waals surface area contributed by atoms with Crippen molar-refractivity contribution < 1.29 is 14.3 Å². The third-order valence-electron chi connectivity index (χ3n) is 4.30. The van der Waals surface area contributed by atoms with Gasteiger partial charge in [-0.1, -0.05) is 17.7 Å². The van der Waals surface area contributed by atoms with Crippen molar-refractivity contribution in [1.29, 1.82) is 0 Å². The van der Waals surface area contributed by atoms with E-state index in [1.165, 1.54) is 0 Å². The van der Waals surface area contributed by atoms with Crippen LogP contribution >= 0.6 is 11.6 Å². The Balaban J connectivity index is 1.91. The van der Waals surface area contributed by atoms with Crippen molar-refractivity contribution in [3.8, 4) is 0 Å². The Morgan fingerprint density at radius 3 is 2.85 bits per heavy atom. The van der Waals surface area contributed by atoms with E-state index in [-0.39, 0.29) is 5.91 Å². The Morgan fingerprint density at radius 2 is 2.15 bits per heavy atom. The standard InChI is InChI=1S/C15H18ClNO3/c1-19-15(6-9-20-10-7-15)14(18)17-8-5-11-12(16)3-2-4-13(11)17/h2-4H,5-10H2,1H3. The van der Waals surface area contributed by atoms with Gasteiger partial charge in [-0.05, 0) is 24.1 Å². The molecule has 0 spiro atoms. The normalized spacial score (nSPS) is 20.8. The molecular weight excluding hydrogens is 278 g/mol. The van der Waals surface area contributed by atoms with Crippen LogP contribution in [-0.4, -0.2) is 38.4 Å². The summed E-state index contributed by atoms with van der Waals surface area (Å²) in [6.07, 6.45) is 2.01. The van der Waals surface area contributed by atoms with Crippen molar-refractivity contribution in [3.05, 3.63) is 28.8 Å². The average Bonchev–Trinajstić information content (AvgIpc) is 2.92. The zero-order valence-electron chi connectivity index (χ0n) is 11.5. The molecule has 0 N–H and O–H groups in total. The summed E-state index contributed by atoms with van der Waals surface area (Å²) in [5.74, 6) is 0.0318. The van der Waals surface area contributed by atoms with Gasteiger partial charge in [-0.25, -0.2) is 0 Å². The quantitative estimate of drug-likeness (QED) is 0.841. The highest BCUT2D eigenvalue weighted by Gasteiger charge is 2.44. The van der Waals surface area contributed by atoms with Crippen LogP contribution in [-0.2, 0) is 20.7 Å². The number of amides is 1. The van der Waals surface area contributed by atoms with Gasteiger partial charge in [-0.15, -0.1) is 0 Å². The molecule has 2 aliphatic rings. The number of carbonyl (C=O) groups excluding carboxylic acids is 1. The van der Waals surface area contributed by atoms with Crippen LogP contribution in [0.5, 0.6) is 0 Å². The molecule has 1 amide bonds. The molecule has 0 aromatic heterocycles. The maximum absolute atomic E-state index is 12.9. The number of benzene rings is 1. The smallest absolute Gasteiger partial charge is 0.259 e. The SMILES string of the molecule is COC1(C(=O)N2CCc3c(Cl)cccc32)CCOCC1. The van der Waals surface area contributed by atoms with Crippen LogP contribution in [0.1, 0.15) is 18.4 Å². The van der Waals surface area contributed by atoms with Gasteiger partial charge in [0.1, 0.15) is 0 Å². The summed E-state index contributed by atoms with van der Waals surface area (Å²) in [4.78, 5) is 14.7. The summed E-state index contributed by atoms with van der Waals surface area (Å²) in [6.45, 7) is 1.80. The highest BCUT2D eigenvalue weighted by atomic mass is 35.5. The molecular formula is C15H18ClNO3. The van der Waals surface area contributed by atoms with Gasteiger partial charge in [0.25, 0.3) is 5.91 Å². The molecule has 0 unspecified atom stereocenters. The van der Waals surface area contributed by atoms with Gasteiger partial charge in [-0.3, -0.25) is 4.79 Å². The van der Waals surface area contributed by atoms with Crippen molar-refractivity contribution in [3.63, 3.8) is 0 Å². The lowest BCUT2D eigenvalue weighted by molar-refractivity contribution is -0.152. The first-order chi connectivity index (χ1) is 9.68. The molecule has 2 aliphatic heterocycles. The van der Waals surface area contributed by atoms with Crippen LogP contribution in [0.25, 0.3) is 0 Å². The molecule has 1 fully saturated rings. The highest BCUT2D eigenvalue weighted by Crippen LogP contribution is 2.37. The minimum Gasteiger partial charge on any atom is -0.381 e. The minimum atomic E-state index is -0.748. The molecule has 1 aromatic rings. The average molecular weight is 296 g/mol. The zero-order chi connectivity index (χ0) is 14.2. The number of fused-ring (bicyclic) bond motifs is 1. The largest absolute Gasteiger partial charge is 0.381 e. The van der Waals surface area contributed by atoms with Gasteiger partial charge in [0, 0.05) is 50.4 Å². The number of rotatable bonds is 2. The fourth-order valence-electron chi connectivity index (χ4n) is 3.06. The summed E-state index contributed by atoms with van der Waals surface area (Å²) in [7, 11) is 1.61. The highest BCUT2D eigenvalue weighted by molar-refractivity contribution is 6.32. The van der Waals surface area contributed by atoms with E-state index in [1.54, 1.807) is 7.11 Å². The molecule has 0 saturated carbocycles. The van der Waals surface area contributed by atoms with Crippen LogP contribution in [0, 0.1) is 0 Å². The van der Waals surface area contributed by atoms with E-state index in [0.717, 1.165) is 22.7 Å². The van der Waals surface area contributed by atoms with E-state index in [2.05, 4.69) is 0 Å². The summed E-state index contributed by atoms with van der Waals surface area (Å²) in [6, 6.07) is 5.71. The van der Waals surface area contributed by atoms with Crippen LogP contribution in [0.3, 0.4) is 0 Å². The second kappa shape index (κ2) is 5.35. The van der Waals surface area contributed by atoms with Crippen LogP contribution in [0.2, 0.25) is 5.02 Å². The summed E-state index contributed by atoms with van der Waals surface area (Å²) < 4.78 is 11.0. The maximum Gasteiger partial charge on any atom is 0.259 e. The van der Waals surface area contributed by atoms with Crippen molar-refractivity contribution in [2.24, 2.45) is 0 Å². The molecule has 0 bridgehead atoms. The first kappa shape index (κ1) is 13.9. The molecule has 0 atom stereocenters. The molecule has 4 nitrogen and oxygen atoms in total. The number of carbonyl (C=O) groups is 1. The van der Waals surface area contributed by atoms with E-state index >= 15 is 0 Å². The van der Waals surface area contributed by atoms with Crippen LogP contribution < -0.4 is 4.90 Å². The monoisotopic (exact) mass is 295 g/mol. The predicted molar refractivity (Wildman–Crippen MR) is 77.3 cm³/mol. The Hall–Kier alpha value is -1.10. The predicted octanol–water partition coefficient (Wildman–Crippen LogP) is 2.42. The molecule has 1 aromatic carbocycles. The van der Waals surface area contributed by atoms with Crippen LogP contribution in [0.15, 0.2) is 18.2 Å². The van der Waals surface area contributed by atoms with Crippen molar-refractivity contribution in [2.45, 2.75) is 24.9 Å². The first-order valence-electron chi connectivity index (χ1n) is 6.90. The number of nitrogens with zero attached hydrogens (tertiary/aromatic N) is 1. The summed E-state index contributed by atoms with van der Waals surface area (Å²) in [5, 5.41) is 0.733. The molecule has 0 radical (unpaired) electrons. The Bertz CT molecular complexity index is 526. The Morgan fingerprint density at radius 1 is 1.40 bits per heavy atom. The molecule has 0 aliphatic carbocycles. The van der Waals surface area contributed by atoms with E-state index < -0.39 is 5.60 Å². The minimum absolute atomic E-state index is 0.0318. The van der Waals surface area contributed by atoms with Gasteiger partial charge in [0.15, 0.2) is 5.60 Å². The van der Waals surface area contributed by atoms with E-state index in [1.807, 2.05) is 23.1 Å². The van der Waals surface area contributed by atoms with E-state index in [9.17, 15) is 4.79 Å². The molecule has 3 rings (SSSR count). The zero-order valence-corrected chi connectivity index (χ0v) is 12.3. The lowest BCUT2D eigenvalue weighted by atomic mass is 9.92. The molecule has 5 heteroatoms. The number of hydrogen-bond donors (Lipinski definition) is 0. The summed E-state index contributed by atoms with van der Waals surface area (Å²) in [5.41, 5.74) is 1.23. The fraction of sp³-hybridized carbons (Fsp3) is 0.533. The first-order valence-corrected chi connectivity index (χ1v) is 7.28. The van der Waals surface area contributed by atoms with Gasteiger partial charge < -0.3 is 14.4 Å². The topological polar surface area (TPSA) is 38.8 Å². The van der Waals surface area contributed by atoms with Crippen molar-refractivity contribution in [1.82, 2.24) is 0 Å². The van der Waals surface area contributed by atoms with Crippen molar-refractivity contribution in [2.75, 3.05) is 31.8 Å². The van der Waals surface area contributed by atoms with Gasteiger partial charge in [0.05, 0.1) is 0 Å². The van der Waals surface area contributed by atoms with Crippen LogP contribution in [0.4, 0.5) is 5.69 Å². The number of methoxy groups -OCH3 is 1. The van der Waals surface area contributed by atoms with Gasteiger partial charge in [0.2, 0.25) is 0 Å². The number of halogens is 1. The van der Waals surface area contributed by atoms with Gasteiger partial charge >= 0.3 is 0 Å². The second-order valence-corrected chi connectivity index (χ2v) is 5.66. The number of ether oxygens (including phenoxy) is 2. The lowest BCUT2D eigenvalue weighted by Crippen LogP contribution is -2.53. The Kier molecular flexibility index (Phi) is 3.71.